The highest BCUT2D eigenvalue weighted by molar-refractivity contribution is 5.95. The van der Waals surface area contributed by atoms with E-state index in [0.29, 0.717) is 35.6 Å². The molecule has 0 saturated carbocycles. The van der Waals surface area contributed by atoms with E-state index in [1.165, 1.54) is 0 Å². The van der Waals surface area contributed by atoms with Crippen LogP contribution in [-0.2, 0) is 13.5 Å². The minimum atomic E-state index is -1.50. The summed E-state index contributed by atoms with van der Waals surface area (Å²) in [6.45, 7) is 3.79. The van der Waals surface area contributed by atoms with E-state index >= 15 is 0 Å². The van der Waals surface area contributed by atoms with Crippen molar-refractivity contribution in [1.29, 1.82) is 0 Å². The molecule has 0 spiro atoms. The molecule has 0 radical (unpaired) electrons. The van der Waals surface area contributed by atoms with Gasteiger partial charge < -0.3 is 5.32 Å². The Labute approximate surface area is 188 Å². The fraction of sp³-hybridized carbons (Fsp3) is 0.292. The third kappa shape index (κ3) is 3.48. The molecule has 0 fully saturated rings. The van der Waals surface area contributed by atoms with Crippen molar-refractivity contribution >= 4 is 11.6 Å². The van der Waals surface area contributed by atoms with Crippen LogP contribution in [0.25, 0.3) is 16.9 Å². The summed E-state index contributed by atoms with van der Waals surface area (Å²) >= 11 is 0. The van der Waals surface area contributed by atoms with E-state index in [0.717, 1.165) is 23.4 Å². The number of amides is 1. The summed E-state index contributed by atoms with van der Waals surface area (Å²) in [5, 5.41) is 7.66. The van der Waals surface area contributed by atoms with Crippen LogP contribution >= 0.6 is 0 Å². The standard InChI is InChI=1S/C24H22F3N5O/c1-12-8-15(29-24(33)22-13(2)28-19-6-4-5-7-32(19)22)11-16-21(12)30-31(3)23(16)14-9-17(25)20(27)18(26)10-14/h4-7,9-10,12,15H,8,11H2,1-3H3,(H,29,33). The van der Waals surface area contributed by atoms with E-state index in [2.05, 4.69) is 15.4 Å². The van der Waals surface area contributed by atoms with Crippen molar-refractivity contribution in [2.75, 3.05) is 0 Å². The van der Waals surface area contributed by atoms with Crippen molar-refractivity contribution in [2.24, 2.45) is 7.05 Å². The molecule has 170 valence electrons. The molecular formula is C24H22F3N5O. The molecule has 3 aromatic heterocycles. The van der Waals surface area contributed by atoms with Gasteiger partial charge in [0.25, 0.3) is 5.91 Å². The van der Waals surface area contributed by atoms with Crippen molar-refractivity contribution in [3.05, 3.63) is 76.6 Å². The van der Waals surface area contributed by atoms with Crippen LogP contribution in [0.2, 0.25) is 0 Å². The monoisotopic (exact) mass is 453 g/mol. The molecule has 1 N–H and O–H groups in total. The molecule has 0 aliphatic heterocycles. The molecule has 9 heteroatoms. The number of halogens is 3. The van der Waals surface area contributed by atoms with E-state index in [4.69, 9.17) is 0 Å². The molecule has 4 aromatic rings. The molecule has 1 aliphatic carbocycles. The maximum Gasteiger partial charge on any atom is 0.270 e. The predicted octanol–water partition coefficient (Wildman–Crippen LogP) is 4.31. The summed E-state index contributed by atoms with van der Waals surface area (Å²) < 4.78 is 44.7. The SMILES string of the molecule is Cc1nc2ccccn2c1C(=O)NC1Cc2c(nn(C)c2-c2cc(F)c(F)c(F)c2)C(C)C1. The Balaban J connectivity index is 1.49. The van der Waals surface area contributed by atoms with Crippen LogP contribution in [0.3, 0.4) is 0 Å². The Morgan fingerprint density at radius 1 is 1.18 bits per heavy atom. The number of aryl methyl sites for hydroxylation is 2. The van der Waals surface area contributed by atoms with Crippen LogP contribution in [0.15, 0.2) is 36.5 Å². The van der Waals surface area contributed by atoms with Gasteiger partial charge in [-0.3, -0.25) is 13.9 Å². The molecule has 33 heavy (non-hydrogen) atoms. The van der Waals surface area contributed by atoms with Gasteiger partial charge in [-0.15, -0.1) is 0 Å². The van der Waals surface area contributed by atoms with Gasteiger partial charge in [0, 0.05) is 36.3 Å². The molecule has 1 amide bonds. The van der Waals surface area contributed by atoms with E-state index in [1.54, 1.807) is 29.3 Å². The second-order valence-electron chi connectivity index (χ2n) is 8.58. The molecule has 2 unspecified atom stereocenters. The van der Waals surface area contributed by atoms with Crippen LogP contribution in [0, 0.1) is 24.4 Å². The summed E-state index contributed by atoms with van der Waals surface area (Å²) in [7, 11) is 1.69. The lowest BCUT2D eigenvalue weighted by Gasteiger charge is -2.27. The van der Waals surface area contributed by atoms with Gasteiger partial charge in [-0.25, -0.2) is 18.2 Å². The molecule has 0 bridgehead atoms. The predicted molar refractivity (Wildman–Crippen MR) is 116 cm³/mol. The quantitative estimate of drug-likeness (QED) is 0.470. The van der Waals surface area contributed by atoms with Crippen LogP contribution < -0.4 is 5.32 Å². The van der Waals surface area contributed by atoms with Gasteiger partial charge in [-0.1, -0.05) is 13.0 Å². The minimum Gasteiger partial charge on any atom is -0.348 e. The lowest BCUT2D eigenvalue weighted by atomic mass is 9.83. The van der Waals surface area contributed by atoms with Crippen LogP contribution in [0.5, 0.6) is 0 Å². The minimum absolute atomic E-state index is 0.0115. The molecule has 1 aliphatic rings. The number of benzene rings is 1. The van der Waals surface area contributed by atoms with Gasteiger partial charge >= 0.3 is 0 Å². The summed E-state index contributed by atoms with van der Waals surface area (Å²) in [5.74, 6) is -4.24. The second kappa shape index (κ2) is 7.75. The highest BCUT2D eigenvalue weighted by atomic mass is 19.2. The third-order valence-electron chi connectivity index (χ3n) is 6.24. The lowest BCUT2D eigenvalue weighted by molar-refractivity contribution is 0.0925. The largest absolute Gasteiger partial charge is 0.348 e. The summed E-state index contributed by atoms with van der Waals surface area (Å²) in [4.78, 5) is 17.6. The number of rotatable bonds is 3. The molecule has 0 saturated heterocycles. The van der Waals surface area contributed by atoms with Gasteiger partial charge in [0.2, 0.25) is 0 Å². The van der Waals surface area contributed by atoms with Gasteiger partial charge in [0.15, 0.2) is 17.5 Å². The number of nitrogens with one attached hydrogen (secondary N) is 1. The van der Waals surface area contributed by atoms with Crippen molar-refractivity contribution in [1.82, 2.24) is 24.5 Å². The highest BCUT2D eigenvalue weighted by Gasteiger charge is 2.32. The van der Waals surface area contributed by atoms with Crippen molar-refractivity contribution in [2.45, 2.75) is 38.6 Å². The van der Waals surface area contributed by atoms with Gasteiger partial charge in [0.1, 0.15) is 11.3 Å². The van der Waals surface area contributed by atoms with Crippen molar-refractivity contribution in [3.8, 4) is 11.3 Å². The first kappa shape index (κ1) is 21.2. The number of carbonyl (C=O) groups excluding carboxylic acids is 1. The second-order valence-corrected chi connectivity index (χ2v) is 8.58. The summed E-state index contributed by atoms with van der Waals surface area (Å²) in [6.07, 6.45) is 2.89. The zero-order valence-electron chi connectivity index (χ0n) is 18.4. The average molecular weight is 453 g/mol. The summed E-state index contributed by atoms with van der Waals surface area (Å²) in [6, 6.07) is 7.27. The fourth-order valence-corrected chi connectivity index (χ4v) is 4.86. The Morgan fingerprint density at radius 2 is 1.91 bits per heavy atom. The maximum atomic E-state index is 13.9. The average Bonchev–Trinajstić information content (AvgIpc) is 3.27. The highest BCUT2D eigenvalue weighted by Crippen LogP contribution is 2.37. The van der Waals surface area contributed by atoms with Crippen LogP contribution in [0.1, 0.15) is 46.7 Å². The number of carbonyl (C=O) groups is 1. The number of pyridine rings is 1. The molecule has 1 aromatic carbocycles. The first-order chi connectivity index (χ1) is 15.7. The number of aromatic nitrogens is 4. The Bertz CT molecular complexity index is 1380. The van der Waals surface area contributed by atoms with E-state index < -0.39 is 17.5 Å². The Hall–Kier alpha value is -3.62. The molecular weight excluding hydrogens is 431 g/mol. The van der Waals surface area contributed by atoms with E-state index in [1.807, 2.05) is 25.1 Å². The van der Waals surface area contributed by atoms with E-state index in [-0.39, 0.29) is 23.4 Å². The number of hydrogen-bond donors (Lipinski definition) is 1. The Kier molecular flexibility index (Phi) is 4.99. The van der Waals surface area contributed by atoms with Crippen molar-refractivity contribution < 1.29 is 18.0 Å². The molecule has 6 nitrogen and oxygen atoms in total. The summed E-state index contributed by atoms with van der Waals surface area (Å²) in [5.41, 5.74) is 4.12. The third-order valence-corrected chi connectivity index (χ3v) is 6.24. The normalized spacial score (nSPS) is 17.9. The zero-order chi connectivity index (χ0) is 23.4. The maximum absolute atomic E-state index is 13.9. The molecule has 5 rings (SSSR count). The van der Waals surface area contributed by atoms with E-state index in [9.17, 15) is 18.0 Å². The zero-order valence-corrected chi connectivity index (χ0v) is 18.4. The number of nitrogens with zero attached hydrogens (tertiary/aromatic N) is 4. The first-order valence-corrected chi connectivity index (χ1v) is 10.7. The smallest absolute Gasteiger partial charge is 0.270 e. The number of hydrogen-bond acceptors (Lipinski definition) is 3. The van der Waals surface area contributed by atoms with Gasteiger partial charge in [-0.2, -0.15) is 5.10 Å². The lowest BCUT2D eigenvalue weighted by Crippen LogP contribution is -2.40. The molecule has 3 heterocycles. The fourth-order valence-electron chi connectivity index (χ4n) is 4.86. The topological polar surface area (TPSA) is 64.2 Å². The van der Waals surface area contributed by atoms with Gasteiger partial charge in [-0.05, 0) is 44.0 Å². The van der Waals surface area contributed by atoms with Crippen LogP contribution in [-0.4, -0.2) is 31.1 Å². The number of imidazole rings is 1. The first-order valence-electron chi connectivity index (χ1n) is 10.7. The number of fused-ring (bicyclic) bond motifs is 2. The van der Waals surface area contributed by atoms with Crippen LogP contribution in [0.4, 0.5) is 13.2 Å². The Morgan fingerprint density at radius 3 is 2.64 bits per heavy atom. The molecule has 2 atom stereocenters. The van der Waals surface area contributed by atoms with Gasteiger partial charge in [0.05, 0.1) is 17.1 Å². The van der Waals surface area contributed by atoms with Crippen molar-refractivity contribution in [3.63, 3.8) is 0 Å².